The number of urea groups is 1. The monoisotopic (exact) mass is 276 g/mol. The summed E-state index contributed by atoms with van der Waals surface area (Å²) in [5, 5.41) is 16.9. The number of nitrogens with zero attached hydrogens (tertiary/aromatic N) is 4. The van der Waals surface area contributed by atoms with Gasteiger partial charge in [-0.1, -0.05) is 0 Å². The average Bonchev–Trinajstić information content (AvgIpc) is 2.83. The van der Waals surface area contributed by atoms with Crippen LogP contribution in [0.5, 0.6) is 0 Å². The minimum atomic E-state index is -0.254. The molecule has 1 saturated carbocycles. The van der Waals surface area contributed by atoms with E-state index in [0.717, 1.165) is 12.2 Å². The number of nitrogens with one attached hydrogen (secondary N) is 2. The summed E-state index contributed by atoms with van der Waals surface area (Å²) in [5.41, 5.74) is 0. The van der Waals surface area contributed by atoms with Gasteiger partial charge in [0.05, 0.1) is 12.3 Å². The topological polar surface area (TPSA) is 97.9 Å². The van der Waals surface area contributed by atoms with Crippen LogP contribution in [0.1, 0.15) is 36.9 Å². The Bertz CT molecular complexity index is 593. The van der Waals surface area contributed by atoms with Gasteiger partial charge < -0.3 is 15.1 Å². The third-order valence-corrected chi connectivity index (χ3v) is 3.40. The van der Waals surface area contributed by atoms with Gasteiger partial charge in [-0.2, -0.15) is 0 Å². The van der Waals surface area contributed by atoms with Crippen LogP contribution in [0.15, 0.2) is 22.8 Å². The molecule has 0 spiro atoms. The highest BCUT2D eigenvalue weighted by Crippen LogP contribution is 2.40. The molecule has 2 aromatic rings. The van der Waals surface area contributed by atoms with Crippen molar-refractivity contribution in [3.63, 3.8) is 0 Å². The molecular weight excluding hydrogens is 260 g/mol. The number of carbonyl (C=O) groups excluding carboxylic acids is 1. The number of furan rings is 1. The largest absolute Gasteiger partial charge is 0.469 e. The number of aryl methyl sites for hydroxylation is 1. The van der Waals surface area contributed by atoms with Gasteiger partial charge in [-0.25, -0.2) is 9.48 Å². The standard InChI is InChI=1S/C12H16N6O2/c1-7(11-15-16-17-18(11)2)13-12(19)14-9-6-8(9)10-4-3-5-20-10/h3-5,7-9H,6H2,1-2H3,(H2,13,14,19)/t7?,8-,9-/m1/s1. The molecule has 0 bridgehead atoms. The molecule has 0 aliphatic heterocycles. The van der Waals surface area contributed by atoms with E-state index in [1.165, 1.54) is 4.68 Å². The van der Waals surface area contributed by atoms with E-state index < -0.39 is 0 Å². The van der Waals surface area contributed by atoms with Crippen molar-refractivity contribution in [2.75, 3.05) is 0 Å². The molecule has 2 heterocycles. The predicted molar refractivity (Wildman–Crippen MR) is 68.7 cm³/mol. The van der Waals surface area contributed by atoms with Gasteiger partial charge in [-0.15, -0.1) is 5.10 Å². The minimum Gasteiger partial charge on any atom is -0.469 e. The van der Waals surface area contributed by atoms with E-state index in [2.05, 4.69) is 26.2 Å². The molecule has 2 amide bonds. The first-order valence-electron chi connectivity index (χ1n) is 6.48. The van der Waals surface area contributed by atoms with Crippen LogP contribution in [0, 0.1) is 0 Å². The summed E-state index contributed by atoms with van der Waals surface area (Å²) in [5.74, 6) is 1.81. The molecule has 8 nitrogen and oxygen atoms in total. The Morgan fingerprint density at radius 1 is 1.60 bits per heavy atom. The summed E-state index contributed by atoms with van der Waals surface area (Å²) in [6.07, 6.45) is 2.55. The van der Waals surface area contributed by atoms with Gasteiger partial charge in [0, 0.05) is 19.0 Å². The Kier molecular flexibility index (Phi) is 3.13. The zero-order valence-electron chi connectivity index (χ0n) is 11.3. The maximum Gasteiger partial charge on any atom is 0.315 e. The van der Waals surface area contributed by atoms with Gasteiger partial charge in [0.25, 0.3) is 0 Å². The van der Waals surface area contributed by atoms with Crippen LogP contribution >= 0.6 is 0 Å². The van der Waals surface area contributed by atoms with E-state index in [1.807, 2.05) is 19.1 Å². The first kappa shape index (κ1) is 12.6. The Morgan fingerprint density at radius 2 is 2.45 bits per heavy atom. The third kappa shape index (κ3) is 2.49. The Hall–Kier alpha value is -2.38. The maximum absolute atomic E-state index is 11.9. The number of amides is 2. The molecular formula is C12H16N6O2. The summed E-state index contributed by atoms with van der Waals surface area (Å²) in [6.45, 7) is 1.84. The van der Waals surface area contributed by atoms with Crippen molar-refractivity contribution in [2.24, 2.45) is 7.05 Å². The molecule has 0 radical (unpaired) electrons. The molecule has 3 rings (SSSR count). The summed E-state index contributed by atoms with van der Waals surface area (Å²) >= 11 is 0. The summed E-state index contributed by atoms with van der Waals surface area (Å²) in [4.78, 5) is 11.9. The first-order chi connectivity index (χ1) is 9.65. The molecule has 2 aromatic heterocycles. The SMILES string of the molecule is CC(NC(=O)N[C@@H]1C[C@H]1c1ccco1)c1nnnn1C. The van der Waals surface area contributed by atoms with E-state index in [-0.39, 0.29) is 24.0 Å². The lowest BCUT2D eigenvalue weighted by Crippen LogP contribution is -2.39. The van der Waals surface area contributed by atoms with Crippen LogP contribution in [0.4, 0.5) is 4.79 Å². The summed E-state index contributed by atoms with van der Waals surface area (Å²) in [6, 6.07) is 3.44. The van der Waals surface area contributed by atoms with Crippen LogP contribution in [-0.4, -0.2) is 32.3 Å². The lowest BCUT2D eigenvalue weighted by atomic mass is 10.3. The molecule has 1 aliphatic rings. The van der Waals surface area contributed by atoms with Crippen molar-refractivity contribution in [1.82, 2.24) is 30.8 Å². The lowest BCUT2D eigenvalue weighted by molar-refractivity contribution is 0.236. The number of aromatic nitrogens is 4. The average molecular weight is 276 g/mol. The number of carbonyl (C=O) groups is 1. The minimum absolute atomic E-state index is 0.131. The molecule has 3 atom stereocenters. The molecule has 8 heteroatoms. The number of hydrogen-bond acceptors (Lipinski definition) is 5. The van der Waals surface area contributed by atoms with Gasteiger partial charge in [0.2, 0.25) is 0 Å². The van der Waals surface area contributed by atoms with Gasteiger partial charge in [-0.3, -0.25) is 0 Å². The third-order valence-electron chi connectivity index (χ3n) is 3.40. The van der Waals surface area contributed by atoms with E-state index >= 15 is 0 Å². The molecule has 1 unspecified atom stereocenters. The molecule has 106 valence electrons. The van der Waals surface area contributed by atoms with E-state index in [4.69, 9.17) is 4.42 Å². The van der Waals surface area contributed by atoms with E-state index in [0.29, 0.717) is 5.82 Å². The van der Waals surface area contributed by atoms with E-state index in [1.54, 1.807) is 13.3 Å². The van der Waals surface area contributed by atoms with Crippen LogP contribution in [0.2, 0.25) is 0 Å². The van der Waals surface area contributed by atoms with Gasteiger partial charge >= 0.3 is 6.03 Å². The number of tetrazole rings is 1. The highest BCUT2D eigenvalue weighted by Gasteiger charge is 2.41. The van der Waals surface area contributed by atoms with Gasteiger partial charge in [-0.05, 0) is 35.9 Å². The van der Waals surface area contributed by atoms with Crippen molar-refractivity contribution in [2.45, 2.75) is 31.3 Å². The van der Waals surface area contributed by atoms with Crippen molar-refractivity contribution >= 4 is 6.03 Å². The van der Waals surface area contributed by atoms with Gasteiger partial charge in [0.1, 0.15) is 5.76 Å². The normalized spacial score (nSPS) is 22.3. The lowest BCUT2D eigenvalue weighted by Gasteiger charge is -2.12. The highest BCUT2D eigenvalue weighted by atomic mass is 16.3. The van der Waals surface area contributed by atoms with Crippen LogP contribution in [0.25, 0.3) is 0 Å². The molecule has 1 fully saturated rings. The Balaban J connectivity index is 1.50. The van der Waals surface area contributed by atoms with Crippen molar-refractivity contribution in [1.29, 1.82) is 0 Å². The van der Waals surface area contributed by atoms with Crippen molar-refractivity contribution in [3.8, 4) is 0 Å². The van der Waals surface area contributed by atoms with E-state index in [9.17, 15) is 4.79 Å². The molecule has 0 aromatic carbocycles. The molecule has 2 N–H and O–H groups in total. The molecule has 1 aliphatic carbocycles. The van der Waals surface area contributed by atoms with Crippen LogP contribution in [-0.2, 0) is 7.05 Å². The summed E-state index contributed by atoms with van der Waals surface area (Å²) < 4.78 is 6.86. The highest BCUT2D eigenvalue weighted by molar-refractivity contribution is 5.75. The quantitative estimate of drug-likeness (QED) is 0.857. The molecule has 20 heavy (non-hydrogen) atoms. The number of rotatable bonds is 4. The zero-order valence-corrected chi connectivity index (χ0v) is 11.3. The van der Waals surface area contributed by atoms with Crippen LogP contribution < -0.4 is 10.6 Å². The maximum atomic E-state index is 11.9. The fourth-order valence-electron chi connectivity index (χ4n) is 2.25. The second kappa shape index (κ2) is 4.95. The second-order valence-corrected chi connectivity index (χ2v) is 4.96. The fourth-order valence-corrected chi connectivity index (χ4v) is 2.25. The Morgan fingerprint density at radius 3 is 3.10 bits per heavy atom. The zero-order chi connectivity index (χ0) is 14.1. The van der Waals surface area contributed by atoms with Crippen molar-refractivity contribution in [3.05, 3.63) is 30.0 Å². The smallest absolute Gasteiger partial charge is 0.315 e. The second-order valence-electron chi connectivity index (χ2n) is 4.96. The fraction of sp³-hybridized carbons (Fsp3) is 0.500. The first-order valence-corrected chi connectivity index (χ1v) is 6.48. The summed E-state index contributed by atoms with van der Waals surface area (Å²) in [7, 11) is 1.74. The van der Waals surface area contributed by atoms with Crippen molar-refractivity contribution < 1.29 is 9.21 Å². The predicted octanol–water partition coefficient (Wildman–Crippen LogP) is 0.719. The number of hydrogen-bond donors (Lipinski definition) is 2. The molecule has 0 saturated heterocycles. The Labute approximate surface area is 115 Å². The van der Waals surface area contributed by atoms with Crippen LogP contribution in [0.3, 0.4) is 0 Å². The van der Waals surface area contributed by atoms with Gasteiger partial charge in [0.15, 0.2) is 5.82 Å².